The van der Waals surface area contributed by atoms with E-state index in [1.165, 1.54) is 24.5 Å². The molecule has 0 aromatic carbocycles. The zero-order valence-corrected chi connectivity index (χ0v) is 8.07. The molecule has 1 rings (SSSR count). The minimum Gasteiger partial charge on any atom is -0.296 e. The minimum atomic E-state index is 0.753. The summed E-state index contributed by atoms with van der Waals surface area (Å²) < 4.78 is 0. The van der Waals surface area contributed by atoms with Crippen LogP contribution in [0.1, 0.15) is 13.3 Å². The Hall–Kier alpha value is 0.0500. The first kappa shape index (κ1) is 9.14. The van der Waals surface area contributed by atoms with Crippen LogP contribution in [0.15, 0.2) is 12.7 Å². The molecule has 1 aliphatic heterocycles. The normalized spacial score (nSPS) is 27.9. The topological polar surface area (TPSA) is 3.24 Å². The monoisotopic (exact) mass is 171 g/mol. The molecule has 1 fully saturated rings. The van der Waals surface area contributed by atoms with Gasteiger partial charge in [0.05, 0.1) is 0 Å². The summed E-state index contributed by atoms with van der Waals surface area (Å²) in [5, 5.41) is 0. The van der Waals surface area contributed by atoms with Crippen molar-refractivity contribution in [3.63, 3.8) is 0 Å². The summed E-state index contributed by atoms with van der Waals surface area (Å²) in [5.41, 5.74) is 0. The van der Waals surface area contributed by atoms with Crippen LogP contribution in [0.25, 0.3) is 0 Å². The molecule has 64 valence electrons. The molecule has 11 heavy (non-hydrogen) atoms. The third-order valence-corrected chi connectivity index (χ3v) is 3.19. The second-order valence-electron chi connectivity index (χ2n) is 3.03. The summed E-state index contributed by atoms with van der Waals surface area (Å²) in [5.74, 6) is 2.62. The molecule has 0 aromatic rings. The fraction of sp³-hybridized carbons (Fsp3) is 0.778. The maximum Gasteiger partial charge on any atom is 0.0163 e. The summed E-state index contributed by atoms with van der Waals surface area (Å²) >= 11 is 2.07. The van der Waals surface area contributed by atoms with Crippen LogP contribution in [-0.4, -0.2) is 35.5 Å². The molecule has 0 aliphatic carbocycles. The molecular weight excluding hydrogens is 154 g/mol. The first-order chi connectivity index (χ1) is 5.34. The van der Waals surface area contributed by atoms with E-state index >= 15 is 0 Å². The van der Waals surface area contributed by atoms with Crippen molar-refractivity contribution in [1.29, 1.82) is 0 Å². The molecule has 0 bridgehead atoms. The zero-order chi connectivity index (χ0) is 8.10. The van der Waals surface area contributed by atoms with Gasteiger partial charge in [-0.15, -0.1) is 6.58 Å². The van der Waals surface area contributed by atoms with Gasteiger partial charge in [0.1, 0.15) is 0 Å². The van der Waals surface area contributed by atoms with E-state index in [1.807, 2.05) is 6.08 Å². The molecule has 1 heterocycles. The number of nitrogens with zero attached hydrogens (tertiary/aromatic N) is 1. The highest BCUT2D eigenvalue weighted by Gasteiger charge is 2.14. The lowest BCUT2D eigenvalue weighted by atomic mass is 10.2. The molecule has 1 atom stereocenters. The predicted octanol–water partition coefficient (Wildman–Crippen LogP) is 2.00. The second-order valence-corrected chi connectivity index (χ2v) is 4.26. The van der Waals surface area contributed by atoms with Crippen LogP contribution in [0.3, 0.4) is 0 Å². The van der Waals surface area contributed by atoms with Gasteiger partial charge in [-0.25, -0.2) is 0 Å². The van der Waals surface area contributed by atoms with Crippen LogP contribution in [0.2, 0.25) is 0 Å². The molecular formula is C9H17NS. The highest BCUT2D eigenvalue weighted by atomic mass is 32.2. The molecule has 0 saturated carbocycles. The molecule has 1 nitrogen and oxygen atoms in total. The Morgan fingerprint density at radius 2 is 2.45 bits per heavy atom. The molecule has 0 spiro atoms. The third-order valence-electron chi connectivity index (χ3n) is 2.19. The average molecular weight is 171 g/mol. The number of rotatable bonds is 2. The first-order valence-electron chi connectivity index (χ1n) is 4.27. The third kappa shape index (κ3) is 2.88. The molecule has 1 saturated heterocycles. The minimum absolute atomic E-state index is 0.753. The van der Waals surface area contributed by atoms with E-state index < -0.39 is 0 Å². The second kappa shape index (κ2) is 4.83. The Bertz CT molecular complexity index is 125. The number of thioether (sulfide) groups is 1. The Morgan fingerprint density at radius 1 is 1.64 bits per heavy atom. The Labute approximate surface area is 73.8 Å². The van der Waals surface area contributed by atoms with Crippen molar-refractivity contribution in [2.75, 3.05) is 24.6 Å². The van der Waals surface area contributed by atoms with Gasteiger partial charge in [0.15, 0.2) is 0 Å². The summed E-state index contributed by atoms with van der Waals surface area (Å²) in [4.78, 5) is 2.51. The van der Waals surface area contributed by atoms with Crippen LogP contribution in [0.5, 0.6) is 0 Å². The molecule has 1 unspecified atom stereocenters. The zero-order valence-electron chi connectivity index (χ0n) is 7.25. The number of hydrogen-bond acceptors (Lipinski definition) is 2. The van der Waals surface area contributed by atoms with E-state index in [2.05, 4.69) is 30.2 Å². The molecule has 0 radical (unpaired) electrons. The highest BCUT2D eigenvalue weighted by Crippen LogP contribution is 2.15. The van der Waals surface area contributed by atoms with Crippen molar-refractivity contribution in [3.05, 3.63) is 12.7 Å². The first-order valence-corrected chi connectivity index (χ1v) is 5.42. The maximum absolute atomic E-state index is 3.77. The predicted molar refractivity (Wildman–Crippen MR) is 53.2 cm³/mol. The van der Waals surface area contributed by atoms with Crippen LogP contribution < -0.4 is 0 Å². The van der Waals surface area contributed by atoms with Gasteiger partial charge in [-0.2, -0.15) is 11.8 Å². The van der Waals surface area contributed by atoms with E-state index in [9.17, 15) is 0 Å². The lowest BCUT2D eigenvalue weighted by Gasteiger charge is -2.24. The Morgan fingerprint density at radius 3 is 3.18 bits per heavy atom. The average Bonchev–Trinajstić information content (AvgIpc) is 2.18. The van der Waals surface area contributed by atoms with Crippen molar-refractivity contribution >= 4 is 11.8 Å². The highest BCUT2D eigenvalue weighted by molar-refractivity contribution is 7.99. The fourth-order valence-corrected chi connectivity index (χ4v) is 2.45. The summed E-state index contributed by atoms with van der Waals surface area (Å²) in [6.07, 6.45) is 3.34. The maximum atomic E-state index is 3.77. The smallest absolute Gasteiger partial charge is 0.0163 e. The van der Waals surface area contributed by atoms with Crippen LogP contribution >= 0.6 is 11.8 Å². The van der Waals surface area contributed by atoms with Crippen LogP contribution in [-0.2, 0) is 0 Å². The molecule has 0 aromatic heterocycles. The Balaban J connectivity index is 2.38. The van der Waals surface area contributed by atoms with E-state index in [1.54, 1.807) is 0 Å². The van der Waals surface area contributed by atoms with E-state index in [0.717, 1.165) is 12.6 Å². The van der Waals surface area contributed by atoms with E-state index in [4.69, 9.17) is 0 Å². The molecule has 0 amide bonds. The van der Waals surface area contributed by atoms with Gasteiger partial charge in [0.25, 0.3) is 0 Å². The van der Waals surface area contributed by atoms with Crippen molar-refractivity contribution < 1.29 is 0 Å². The van der Waals surface area contributed by atoms with E-state index in [-0.39, 0.29) is 0 Å². The van der Waals surface area contributed by atoms with Crippen molar-refractivity contribution in [1.82, 2.24) is 4.90 Å². The molecule has 1 aliphatic rings. The van der Waals surface area contributed by atoms with Gasteiger partial charge < -0.3 is 0 Å². The summed E-state index contributed by atoms with van der Waals surface area (Å²) in [6, 6.07) is 0.753. The van der Waals surface area contributed by atoms with Crippen LogP contribution in [0.4, 0.5) is 0 Å². The van der Waals surface area contributed by atoms with Crippen LogP contribution in [0, 0.1) is 0 Å². The fourth-order valence-electron chi connectivity index (χ4n) is 1.38. The lowest BCUT2D eigenvalue weighted by Crippen LogP contribution is -2.33. The standard InChI is InChI=1S/C9H17NS/c1-3-5-10-6-8-11-7-4-9(10)2/h3,9H,1,4-8H2,2H3. The summed E-state index contributed by atoms with van der Waals surface area (Å²) in [7, 11) is 0. The van der Waals surface area contributed by atoms with Gasteiger partial charge >= 0.3 is 0 Å². The van der Waals surface area contributed by atoms with Gasteiger partial charge in [0.2, 0.25) is 0 Å². The van der Waals surface area contributed by atoms with Crippen molar-refractivity contribution in [2.24, 2.45) is 0 Å². The quantitative estimate of drug-likeness (QED) is 0.585. The largest absolute Gasteiger partial charge is 0.296 e. The van der Waals surface area contributed by atoms with Gasteiger partial charge in [-0.05, 0) is 19.1 Å². The molecule has 2 heteroatoms. The van der Waals surface area contributed by atoms with E-state index in [0.29, 0.717) is 0 Å². The molecule has 0 N–H and O–H groups in total. The van der Waals surface area contributed by atoms with Crippen molar-refractivity contribution in [2.45, 2.75) is 19.4 Å². The summed E-state index contributed by atoms with van der Waals surface area (Å²) in [6.45, 7) is 8.38. The Kier molecular flexibility index (Phi) is 4.02. The number of hydrogen-bond donors (Lipinski definition) is 0. The van der Waals surface area contributed by atoms with Gasteiger partial charge in [-0.1, -0.05) is 6.08 Å². The van der Waals surface area contributed by atoms with Gasteiger partial charge in [-0.3, -0.25) is 4.90 Å². The SMILES string of the molecule is C=CCN1CCSCCC1C. The van der Waals surface area contributed by atoms with Gasteiger partial charge in [0, 0.05) is 24.9 Å². The van der Waals surface area contributed by atoms with Crippen molar-refractivity contribution in [3.8, 4) is 0 Å². The lowest BCUT2D eigenvalue weighted by molar-refractivity contribution is 0.245.